The van der Waals surface area contributed by atoms with E-state index in [1.807, 2.05) is 24.3 Å². The van der Waals surface area contributed by atoms with Crippen molar-refractivity contribution >= 4 is 11.7 Å². The minimum absolute atomic E-state index is 0.118. The van der Waals surface area contributed by atoms with Gasteiger partial charge < -0.3 is 15.3 Å². The Morgan fingerprint density at radius 1 is 1.38 bits per heavy atom. The Bertz CT molecular complexity index is 506. The molecule has 4 heteroatoms. The van der Waals surface area contributed by atoms with E-state index in [-0.39, 0.29) is 12.1 Å². The molecule has 1 fully saturated rings. The summed E-state index contributed by atoms with van der Waals surface area (Å²) < 4.78 is 0. The Kier molecular flexibility index (Phi) is 4.57. The molecule has 1 unspecified atom stereocenters. The third kappa shape index (κ3) is 3.56. The second kappa shape index (κ2) is 6.06. The fourth-order valence-electron chi connectivity index (χ4n) is 3.05. The summed E-state index contributed by atoms with van der Waals surface area (Å²) in [6.07, 6.45) is 1.79. The van der Waals surface area contributed by atoms with Gasteiger partial charge in [-0.15, -0.1) is 0 Å². The molecule has 2 rings (SSSR count). The number of urea groups is 1. The van der Waals surface area contributed by atoms with Crippen LogP contribution in [0, 0.1) is 0 Å². The molecule has 21 heavy (non-hydrogen) atoms. The van der Waals surface area contributed by atoms with Crippen LogP contribution in [-0.4, -0.2) is 34.2 Å². The lowest BCUT2D eigenvalue weighted by Crippen LogP contribution is -2.49. The Morgan fingerprint density at radius 2 is 2.05 bits per heavy atom. The number of hydrogen-bond donors (Lipinski definition) is 2. The van der Waals surface area contributed by atoms with Crippen LogP contribution < -0.4 is 5.32 Å². The molecular formula is C17H26N2O2. The van der Waals surface area contributed by atoms with Gasteiger partial charge >= 0.3 is 6.03 Å². The van der Waals surface area contributed by atoms with Crippen LogP contribution in [0.1, 0.15) is 52.0 Å². The molecule has 1 aliphatic rings. The van der Waals surface area contributed by atoms with E-state index in [0.717, 1.165) is 24.1 Å². The Hall–Kier alpha value is -1.55. The molecule has 1 aromatic carbocycles. The van der Waals surface area contributed by atoms with Crippen LogP contribution in [0.3, 0.4) is 0 Å². The first-order valence-corrected chi connectivity index (χ1v) is 7.69. The molecule has 116 valence electrons. The summed E-state index contributed by atoms with van der Waals surface area (Å²) in [5, 5.41) is 13.2. The molecule has 0 aliphatic carbocycles. The highest BCUT2D eigenvalue weighted by molar-refractivity contribution is 5.90. The second-order valence-electron chi connectivity index (χ2n) is 6.68. The lowest BCUT2D eigenvalue weighted by molar-refractivity contribution is 0.0117. The van der Waals surface area contributed by atoms with Crippen LogP contribution in [0.5, 0.6) is 0 Å². The van der Waals surface area contributed by atoms with Gasteiger partial charge in [0.05, 0.1) is 11.6 Å². The van der Waals surface area contributed by atoms with Crippen molar-refractivity contribution in [3.8, 4) is 0 Å². The first-order valence-electron chi connectivity index (χ1n) is 7.69. The zero-order valence-electron chi connectivity index (χ0n) is 13.4. The van der Waals surface area contributed by atoms with Gasteiger partial charge in [-0.05, 0) is 44.2 Å². The molecule has 1 atom stereocenters. The van der Waals surface area contributed by atoms with E-state index in [2.05, 4.69) is 19.2 Å². The number of para-hydroxylation sites is 1. The molecule has 0 radical (unpaired) electrons. The number of likely N-dealkylation sites (tertiary alicyclic amines) is 1. The predicted molar refractivity (Wildman–Crippen MR) is 85.6 cm³/mol. The highest BCUT2D eigenvalue weighted by Gasteiger charge is 2.38. The van der Waals surface area contributed by atoms with E-state index in [4.69, 9.17) is 0 Å². The number of aliphatic hydroxyl groups is 1. The molecule has 1 heterocycles. The second-order valence-corrected chi connectivity index (χ2v) is 6.68. The van der Waals surface area contributed by atoms with E-state index < -0.39 is 5.60 Å². The average Bonchev–Trinajstić information content (AvgIpc) is 2.88. The normalized spacial score (nSPS) is 19.1. The largest absolute Gasteiger partial charge is 0.388 e. The van der Waals surface area contributed by atoms with Crippen molar-refractivity contribution in [3.05, 3.63) is 29.8 Å². The summed E-state index contributed by atoms with van der Waals surface area (Å²) in [4.78, 5) is 14.3. The Morgan fingerprint density at radius 3 is 2.67 bits per heavy atom. The van der Waals surface area contributed by atoms with Crippen LogP contribution >= 0.6 is 0 Å². The monoisotopic (exact) mass is 290 g/mol. The van der Waals surface area contributed by atoms with Gasteiger partial charge in [-0.3, -0.25) is 0 Å². The summed E-state index contributed by atoms with van der Waals surface area (Å²) >= 11 is 0. The van der Waals surface area contributed by atoms with Crippen LogP contribution in [0.15, 0.2) is 24.3 Å². The molecule has 2 N–H and O–H groups in total. The number of carbonyl (C=O) groups is 1. The average molecular weight is 290 g/mol. The van der Waals surface area contributed by atoms with Gasteiger partial charge in [-0.2, -0.15) is 0 Å². The number of carbonyl (C=O) groups excluding carboxylic acids is 1. The third-order valence-electron chi connectivity index (χ3n) is 4.15. The molecule has 1 aliphatic heterocycles. The van der Waals surface area contributed by atoms with E-state index in [0.29, 0.717) is 12.5 Å². The fraction of sp³-hybridized carbons (Fsp3) is 0.588. The van der Waals surface area contributed by atoms with Crippen molar-refractivity contribution in [2.75, 3.05) is 11.9 Å². The lowest BCUT2D eigenvalue weighted by Gasteiger charge is -2.34. The van der Waals surface area contributed by atoms with E-state index >= 15 is 0 Å². The van der Waals surface area contributed by atoms with Gasteiger partial charge in [0.25, 0.3) is 0 Å². The summed E-state index contributed by atoms with van der Waals surface area (Å²) in [5.41, 5.74) is 1.12. The van der Waals surface area contributed by atoms with Crippen molar-refractivity contribution < 1.29 is 9.90 Å². The van der Waals surface area contributed by atoms with Crippen LogP contribution in [0.25, 0.3) is 0 Å². The summed E-state index contributed by atoms with van der Waals surface area (Å²) in [5.74, 6) is 0.352. The zero-order valence-corrected chi connectivity index (χ0v) is 13.4. The number of nitrogens with one attached hydrogen (secondary N) is 1. The van der Waals surface area contributed by atoms with Gasteiger partial charge in [0.15, 0.2) is 0 Å². The van der Waals surface area contributed by atoms with E-state index in [9.17, 15) is 9.90 Å². The van der Waals surface area contributed by atoms with Crippen molar-refractivity contribution in [2.45, 2.75) is 58.1 Å². The Balaban J connectivity index is 2.15. The molecule has 0 saturated carbocycles. The molecule has 4 nitrogen and oxygen atoms in total. The van der Waals surface area contributed by atoms with E-state index in [1.165, 1.54) is 0 Å². The molecular weight excluding hydrogens is 264 g/mol. The molecule has 1 aromatic rings. The molecule has 0 bridgehead atoms. The van der Waals surface area contributed by atoms with E-state index in [1.54, 1.807) is 18.7 Å². The minimum Gasteiger partial charge on any atom is -0.388 e. The fourth-order valence-corrected chi connectivity index (χ4v) is 3.05. The standard InChI is InChI=1S/C17H26N2O2/c1-12(2)13-8-5-6-9-14(13)18-16(20)19-11-7-10-15(19)17(3,4)21/h5-6,8-9,12,15,21H,7,10-11H2,1-4H3,(H,18,20). The number of amides is 2. The topological polar surface area (TPSA) is 52.6 Å². The molecule has 0 spiro atoms. The summed E-state index contributed by atoms with van der Waals surface area (Å²) in [7, 11) is 0. The maximum absolute atomic E-state index is 12.6. The quantitative estimate of drug-likeness (QED) is 0.894. The lowest BCUT2D eigenvalue weighted by atomic mass is 9.97. The number of benzene rings is 1. The van der Waals surface area contributed by atoms with Crippen LogP contribution in [0.2, 0.25) is 0 Å². The van der Waals surface area contributed by atoms with Gasteiger partial charge in [0.1, 0.15) is 0 Å². The van der Waals surface area contributed by atoms with Gasteiger partial charge in [0, 0.05) is 12.2 Å². The van der Waals surface area contributed by atoms with Gasteiger partial charge in [0.2, 0.25) is 0 Å². The van der Waals surface area contributed by atoms with Crippen molar-refractivity contribution in [3.63, 3.8) is 0 Å². The van der Waals surface area contributed by atoms with Gasteiger partial charge in [-0.25, -0.2) is 4.79 Å². The molecule has 1 saturated heterocycles. The Labute approximate surface area is 127 Å². The third-order valence-corrected chi connectivity index (χ3v) is 4.15. The molecule has 2 amide bonds. The molecule has 0 aromatic heterocycles. The summed E-state index contributed by atoms with van der Waals surface area (Å²) in [6.45, 7) is 8.46. The maximum Gasteiger partial charge on any atom is 0.322 e. The first kappa shape index (κ1) is 15.8. The van der Waals surface area contributed by atoms with Crippen LogP contribution in [-0.2, 0) is 0 Å². The number of nitrogens with zero attached hydrogens (tertiary/aromatic N) is 1. The zero-order chi connectivity index (χ0) is 15.6. The smallest absolute Gasteiger partial charge is 0.322 e. The highest BCUT2D eigenvalue weighted by atomic mass is 16.3. The number of rotatable bonds is 3. The van der Waals surface area contributed by atoms with Gasteiger partial charge in [-0.1, -0.05) is 32.0 Å². The van der Waals surface area contributed by atoms with Crippen molar-refractivity contribution in [1.29, 1.82) is 0 Å². The van der Waals surface area contributed by atoms with Crippen molar-refractivity contribution in [2.24, 2.45) is 0 Å². The number of anilines is 1. The van der Waals surface area contributed by atoms with Crippen LogP contribution in [0.4, 0.5) is 10.5 Å². The minimum atomic E-state index is -0.870. The SMILES string of the molecule is CC(C)c1ccccc1NC(=O)N1CCCC1C(C)(C)O. The first-order chi connectivity index (χ1) is 9.80. The highest BCUT2D eigenvalue weighted by Crippen LogP contribution is 2.29. The maximum atomic E-state index is 12.6. The number of hydrogen-bond acceptors (Lipinski definition) is 2. The van der Waals surface area contributed by atoms with Crippen molar-refractivity contribution in [1.82, 2.24) is 4.90 Å². The predicted octanol–water partition coefficient (Wildman–Crippen LogP) is 3.58. The summed E-state index contributed by atoms with van der Waals surface area (Å²) in [6, 6.07) is 7.65.